The highest BCUT2D eigenvalue weighted by Crippen LogP contribution is 2.62. The number of likely N-dealkylation sites (N-methyl/N-ethyl adjacent to an activating group) is 1. The molecule has 1 aromatic carbocycles. The number of rotatable bonds is 2. The smallest absolute Gasteiger partial charge is 0.211 e. The summed E-state index contributed by atoms with van der Waals surface area (Å²) in [6, 6.07) is -2.67. The Kier molecular flexibility index (Phi) is 1.08. The molecule has 0 aromatic heterocycles. The normalized spacial score (nSPS) is 55.7. The molecule has 1 spiro atoms. The summed E-state index contributed by atoms with van der Waals surface area (Å²) in [6.45, 7) is -2.77. The lowest BCUT2D eigenvalue weighted by Gasteiger charge is -2.56. The topological polar surface area (TPSA) is 41.9 Å². The monoisotopic (exact) mass is 311 g/mol. The van der Waals surface area contributed by atoms with E-state index in [0.717, 1.165) is 4.90 Å². The maximum Gasteiger partial charge on any atom is 0.211 e. The van der Waals surface area contributed by atoms with E-state index in [2.05, 4.69) is 0 Å². The van der Waals surface area contributed by atoms with Crippen LogP contribution in [0.2, 0.25) is 0 Å². The second-order valence-electron chi connectivity index (χ2n) is 6.12. The van der Waals surface area contributed by atoms with Gasteiger partial charge in [0, 0.05) is 29.8 Å². The zero-order valence-corrected chi connectivity index (χ0v) is 11.5. The standard InChI is InChI=1S/C18H21NO3/c1-19-8-7-18-11-4-5-13(20)17(18)22-16-14(21-2)6-3-10(15(16)18)9-12(11)19/h3-6,11-13,17,20H,7-9H2,1-2H3/t11-,12+,13?,17?,18-/m0/s1/i1D3,2D3,3D,6D,9D2,13D,20D. The van der Waals surface area contributed by atoms with E-state index in [1.807, 2.05) is 0 Å². The summed E-state index contributed by atoms with van der Waals surface area (Å²) in [5.41, 5.74) is -1.49. The first kappa shape index (κ1) is 5.84. The van der Waals surface area contributed by atoms with Crippen LogP contribution in [0.1, 0.15) is 32.6 Å². The quantitative estimate of drug-likeness (QED) is 0.841. The van der Waals surface area contributed by atoms with Gasteiger partial charge in [-0.1, -0.05) is 18.2 Å². The number of aliphatic hydroxyl groups is 1. The zero-order valence-electron chi connectivity index (χ0n) is 23.5. The molecule has 0 saturated carbocycles. The van der Waals surface area contributed by atoms with Gasteiger partial charge in [0.2, 0.25) is 1.43 Å². The highest BCUT2D eigenvalue weighted by molar-refractivity contribution is 5.62. The number of benzene rings is 1. The van der Waals surface area contributed by atoms with Crippen molar-refractivity contribution >= 4 is 0 Å². The van der Waals surface area contributed by atoms with E-state index in [0.29, 0.717) is 0 Å². The summed E-state index contributed by atoms with van der Waals surface area (Å²) in [6.07, 6.45) is -3.12. The summed E-state index contributed by atoms with van der Waals surface area (Å²) in [5, 5.41) is 4.71. The average molecular weight is 311 g/mol. The number of nitrogens with zero attached hydrogens (tertiary/aromatic N) is 1. The molecule has 116 valence electrons. The molecule has 5 rings (SSSR count). The van der Waals surface area contributed by atoms with E-state index in [9.17, 15) is 0 Å². The maximum atomic E-state index is 8.98. The van der Waals surface area contributed by atoms with Gasteiger partial charge in [0.25, 0.3) is 0 Å². The Balaban J connectivity index is 1.89. The molecule has 1 N–H and O–H groups in total. The minimum Gasteiger partial charge on any atom is -0.493 e. The summed E-state index contributed by atoms with van der Waals surface area (Å²) >= 11 is 0. The third kappa shape index (κ3) is 1.28. The van der Waals surface area contributed by atoms with E-state index >= 15 is 0 Å². The second-order valence-corrected chi connectivity index (χ2v) is 6.12. The average Bonchev–Trinajstić information content (AvgIpc) is 3.04. The van der Waals surface area contributed by atoms with Crippen molar-refractivity contribution in [1.29, 1.82) is 1.43 Å². The molecule has 0 radical (unpaired) electrons. The molecule has 1 saturated heterocycles. The van der Waals surface area contributed by atoms with Crippen LogP contribution in [0.4, 0.5) is 0 Å². The Labute approximate surface area is 147 Å². The third-order valence-corrected chi connectivity index (χ3v) is 5.31. The predicted octanol–water partition coefficient (Wildman–Crippen LogP) is 1.50. The van der Waals surface area contributed by atoms with Crippen molar-refractivity contribution in [3.8, 4) is 11.5 Å². The number of hydrogen-bond acceptors (Lipinski definition) is 4. The van der Waals surface area contributed by atoms with Gasteiger partial charge in [-0.3, -0.25) is 0 Å². The van der Waals surface area contributed by atoms with Crippen LogP contribution in [0.15, 0.2) is 24.2 Å². The molecule has 4 aliphatic rings. The molecule has 2 bridgehead atoms. The Bertz CT molecular complexity index is 1100. The molecule has 2 heterocycles. The molecule has 4 nitrogen and oxygen atoms in total. The van der Waals surface area contributed by atoms with E-state index in [1.165, 1.54) is 12.2 Å². The van der Waals surface area contributed by atoms with Gasteiger partial charge in [-0.15, -0.1) is 0 Å². The van der Waals surface area contributed by atoms with Gasteiger partial charge in [-0.25, -0.2) is 0 Å². The first-order chi connectivity index (χ1) is 15.5. The van der Waals surface area contributed by atoms with Gasteiger partial charge in [-0.05, 0) is 37.9 Å². The van der Waals surface area contributed by atoms with Crippen molar-refractivity contribution in [2.24, 2.45) is 5.92 Å². The second kappa shape index (κ2) is 4.06. The van der Waals surface area contributed by atoms with E-state index < -0.39 is 67.8 Å². The molecule has 4 heteroatoms. The van der Waals surface area contributed by atoms with Crippen molar-refractivity contribution in [2.45, 2.75) is 36.4 Å². The van der Waals surface area contributed by atoms with E-state index in [4.69, 9.17) is 31.1 Å². The van der Waals surface area contributed by atoms with Crippen molar-refractivity contribution in [1.82, 2.24) is 4.90 Å². The SMILES string of the molecule is [2H]OC1([2H])C=C[C@H]2[C@@H]3N(C([2H])([2H])[2H])CC[C@@]24c2c(c(OC([2H])([2H])[2H])c([2H])c([2H])c2C3([2H])[2H])OC14. The minimum absolute atomic E-state index is 0.0472. The van der Waals surface area contributed by atoms with Crippen LogP contribution in [-0.4, -0.2) is 50.2 Å². The van der Waals surface area contributed by atoms with Gasteiger partial charge in [0.15, 0.2) is 11.5 Å². The van der Waals surface area contributed by atoms with Crippen LogP contribution < -0.4 is 9.47 Å². The molecular formula is C18H21NO3. The summed E-state index contributed by atoms with van der Waals surface area (Å²) < 4.78 is 109. The summed E-state index contributed by atoms with van der Waals surface area (Å²) in [5.74, 6) is -1.71. The van der Waals surface area contributed by atoms with Crippen molar-refractivity contribution in [3.05, 3.63) is 35.4 Å². The van der Waals surface area contributed by atoms with Crippen LogP contribution >= 0.6 is 0 Å². The molecule has 5 atom stereocenters. The van der Waals surface area contributed by atoms with Crippen LogP contribution in [0.25, 0.3) is 0 Å². The minimum atomic E-state index is -3.01. The molecule has 0 amide bonds. The highest BCUT2D eigenvalue weighted by Gasteiger charge is 2.64. The van der Waals surface area contributed by atoms with Gasteiger partial charge in [0.05, 0.1) is 15.3 Å². The number of ether oxygens (including phenoxy) is 2. The lowest BCUT2D eigenvalue weighted by molar-refractivity contribution is -0.0453. The van der Waals surface area contributed by atoms with Crippen molar-refractivity contribution < 1.29 is 29.7 Å². The van der Waals surface area contributed by atoms with Crippen molar-refractivity contribution in [3.63, 3.8) is 0 Å². The fourth-order valence-electron chi connectivity index (χ4n) is 4.43. The maximum absolute atomic E-state index is 8.98. The lowest BCUT2D eigenvalue weighted by Crippen LogP contribution is -2.64. The zero-order chi connectivity index (χ0) is 25.2. The molecule has 22 heavy (non-hydrogen) atoms. The van der Waals surface area contributed by atoms with Gasteiger partial charge in [-0.2, -0.15) is 0 Å². The first-order valence-electron chi connectivity index (χ1n) is 13.1. The number of piperidine rings is 1. The molecule has 1 fully saturated rings. The number of hydrogen-bond donors (Lipinski definition) is 1. The molecule has 2 aliphatic carbocycles. The van der Waals surface area contributed by atoms with Gasteiger partial charge < -0.3 is 19.5 Å². The Morgan fingerprint density at radius 1 is 1.64 bits per heavy atom. The van der Waals surface area contributed by atoms with Crippen molar-refractivity contribution in [2.75, 3.05) is 20.6 Å². The first-order valence-corrected chi connectivity index (χ1v) is 7.15. The van der Waals surface area contributed by atoms with E-state index in [1.54, 1.807) is 0 Å². The fraction of sp³-hybridized carbons (Fsp3) is 0.556. The Morgan fingerprint density at radius 3 is 3.50 bits per heavy atom. The van der Waals surface area contributed by atoms with Crippen LogP contribution in [0.5, 0.6) is 11.5 Å². The van der Waals surface area contributed by atoms with Gasteiger partial charge >= 0.3 is 0 Å². The number of methoxy groups -OCH3 is 1. The van der Waals surface area contributed by atoms with Crippen LogP contribution in [0, 0.1) is 5.92 Å². The summed E-state index contributed by atoms with van der Waals surface area (Å²) in [7, 11) is -3.01. The lowest BCUT2D eigenvalue weighted by atomic mass is 9.53. The fourth-order valence-corrected chi connectivity index (χ4v) is 4.43. The van der Waals surface area contributed by atoms with E-state index in [-0.39, 0.29) is 29.8 Å². The van der Waals surface area contributed by atoms with Gasteiger partial charge in [0.1, 0.15) is 12.2 Å². The molecule has 1 aromatic rings. The number of likely N-dealkylation sites (tertiary alicyclic amines) is 1. The Morgan fingerprint density at radius 2 is 2.64 bits per heavy atom. The molecule has 2 aliphatic heterocycles. The highest BCUT2D eigenvalue weighted by atomic mass is 16.5. The largest absolute Gasteiger partial charge is 0.493 e. The molecular weight excluding hydrogens is 278 g/mol. The third-order valence-electron chi connectivity index (χ3n) is 5.31. The molecule has 2 unspecified atom stereocenters. The summed E-state index contributed by atoms with van der Waals surface area (Å²) in [4.78, 5) is 1.06. The Hall–Kier alpha value is -1.52. The predicted molar refractivity (Wildman–Crippen MR) is 82.5 cm³/mol. The van der Waals surface area contributed by atoms with Crippen LogP contribution in [-0.2, 0) is 11.8 Å². The van der Waals surface area contributed by atoms with Crippen LogP contribution in [0.3, 0.4) is 0 Å².